The van der Waals surface area contributed by atoms with Crippen LogP contribution < -0.4 is 5.56 Å². The first-order valence-electron chi connectivity index (χ1n) is 16.1. The minimum absolute atomic E-state index is 0.0131. The van der Waals surface area contributed by atoms with Crippen LogP contribution in [0.15, 0.2) is 90.0 Å². The number of piperidine rings is 1. The molecular weight excluding hydrogens is 532 g/mol. The van der Waals surface area contributed by atoms with Crippen LogP contribution in [-0.2, 0) is 24.9 Å². The topological polar surface area (TPSA) is 58.4 Å². The summed E-state index contributed by atoms with van der Waals surface area (Å²) in [4.78, 5) is 36.6. The van der Waals surface area contributed by atoms with Gasteiger partial charge in [0.1, 0.15) is 0 Å². The van der Waals surface area contributed by atoms with Crippen LogP contribution >= 0.6 is 0 Å². The van der Waals surface area contributed by atoms with Gasteiger partial charge in [-0.1, -0.05) is 67.8 Å². The van der Waals surface area contributed by atoms with E-state index in [1.54, 1.807) is 4.57 Å². The van der Waals surface area contributed by atoms with Crippen LogP contribution in [0.4, 0.5) is 0 Å². The number of likely N-dealkylation sites (tertiary alicyclic amines) is 1. The Morgan fingerprint density at radius 2 is 1.60 bits per heavy atom. The van der Waals surface area contributed by atoms with Crippen LogP contribution in [0, 0.1) is 11.8 Å². The number of hydrogen-bond acceptors (Lipinski definition) is 4. The molecule has 6 nitrogen and oxygen atoms in total. The smallest absolute Gasteiger partial charge is 0.255 e. The highest BCUT2D eigenvalue weighted by molar-refractivity contribution is 5.81. The third kappa shape index (κ3) is 6.91. The van der Waals surface area contributed by atoms with Crippen LogP contribution in [0.2, 0.25) is 0 Å². The monoisotopic (exact) mass is 576 g/mol. The van der Waals surface area contributed by atoms with E-state index in [0.29, 0.717) is 24.6 Å². The summed E-state index contributed by atoms with van der Waals surface area (Å²) in [6, 6.07) is 25.0. The van der Waals surface area contributed by atoms with Crippen molar-refractivity contribution in [3.63, 3.8) is 0 Å². The van der Waals surface area contributed by atoms with Gasteiger partial charge in [0.15, 0.2) is 0 Å². The maximum atomic E-state index is 14.3. The Bertz CT molecular complexity index is 1550. The van der Waals surface area contributed by atoms with E-state index in [4.69, 9.17) is 0 Å². The van der Waals surface area contributed by atoms with E-state index < -0.39 is 0 Å². The number of amides is 1. The summed E-state index contributed by atoms with van der Waals surface area (Å²) in [7, 11) is 1.84. The molecule has 1 atom stereocenters. The summed E-state index contributed by atoms with van der Waals surface area (Å²) >= 11 is 0. The van der Waals surface area contributed by atoms with Crippen molar-refractivity contribution in [1.82, 2.24) is 19.4 Å². The summed E-state index contributed by atoms with van der Waals surface area (Å²) in [6.07, 6.45) is 11.3. The quantitative estimate of drug-likeness (QED) is 0.227. The van der Waals surface area contributed by atoms with Crippen molar-refractivity contribution in [3.05, 3.63) is 112 Å². The molecule has 0 bridgehead atoms. The van der Waals surface area contributed by atoms with Crippen molar-refractivity contribution in [2.24, 2.45) is 18.9 Å². The molecule has 2 aromatic heterocycles. The molecule has 0 spiro atoms. The molecule has 224 valence electrons. The number of benzene rings is 2. The summed E-state index contributed by atoms with van der Waals surface area (Å²) < 4.78 is 1.74. The number of aromatic nitrogens is 2. The summed E-state index contributed by atoms with van der Waals surface area (Å²) in [5.41, 5.74) is 4.20. The largest absolute Gasteiger partial charge is 0.337 e. The van der Waals surface area contributed by atoms with Gasteiger partial charge in [-0.3, -0.25) is 19.5 Å². The number of pyridine rings is 2. The summed E-state index contributed by atoms with van der Waals surface area (Å²) in [5.74, 6) is 0.973. The van der Waals surface area contributed by atoms with Crippen molar-refractivity contribution in [2.75, 3.05) is 19.6 Å². The van der Waals surface area contributed by atoms with Gasteiger partial charge in [0.2, 0.25) is 5.91 Å². The first kappa shape index (κ1) is 29.3. The molecule has 1 aliphatic carbocycles. The Morgan fingerprint density at radius 1 is 0.907 bits per heavy atom. The van der Waals surface area contributed by atoms with Gasteiger partial charge in [-0.05, 0) is 85.5 Å². The third-order valence-corrected chi connectivity index (χ3v) is 9.84. The molecule has 1 saturated heterocycles. The Morgan fingerprint density at radius 3 is 2.35 bits per heavy atom. The number of fused-ring (bicyclic) bond motifs is 1. The number of carbonyl (C=O) groups is 1. The number of para-hydroxylation sites is 1. The van der Waals surface area contributed by atoms with Crippen molar-refractivity contribution in [3.8, 4) is 0 Å². The molecule has 0 N–H and O–H groups in total. The van der Waals surface area contributed by atoms with Crippen LogP contribution in [0.25, 0.3) is 10.9 Å². The van der Waals surface area contributed by atoms with Gasteiger partial charge >= 0.3 is 0 Å². The maximum absolute atomic E-state index is 14.3. The fourth-order valence-electron chi connectivity index (χ4n) is 7.37. The molecular formula is C37H44N4O2. The second-order valence-electron chi connectivity index (χ2n) is 12.6. The molecule has 2 aromatic carbocycles. The van der Waals surface area contributed by atoms with Gasteiger partial charge in [0.25, 0.3) is 5.56 Å². The van der Waals surface area contributed by atoms with Crippen LogP contribution in [-0.4, -0.2) is 44.9 Å². The van der Waals surface area contributed by atoms with Crippen molar-refractivity contribution >= 4 is 16.8 Å². The Hall–Kier alpha value is -3.77. The lowest BCUT2D eigenvalue weighted by Gasteiger charge is -2.39. The number of carbonyl (C=O) groups excluding carboxylic acids is 1. The molecule has 43 heavy (non-hydrogen) atoms. The second kappa shape index (κ2) is 13.7. The van der Waals surface area contributed by atoms with Gasteiger partial charge in [-0.25, -0.2) is 0 Å². The molecule has 1 saturated carbocycles. The Balaban J connectivity index is 1.28. The Kier molecular flexibility index (Phi) is 9.33. The Labute approximate surface area is 255 Å². The maximum Gasteiger partial charge on any atom is 0.255 e. The summed E-state index contributed by atoms with van der Waals surface area (Å²) in [6.45, 7) is 4.03. The summed E-state index contributed by atoms with van der Waals surface area (Å²) in [5, 5.41) is 1.03. The van der Waals surface area contributed by atoms with E-state index in [1.807, 2.05) is 43.7 Å². The van der Waals surface area contributed by atoms with Gasteiger partial charge in [-0.2, -0.15) is 0 Å². The van der Waals surface area contributed by atoms with E-state index >= 15 is 0 Å². The zero-order valence-corrected chi connectivity index (χ0v) is 25.4. The van der Waals surface area contributed by atoms with Gasteiger partial charge in [0.05, 0.1) is 12.1 Å². The highest BCUT2D eigenvalue weighted by Crippen LogP contribution is 2.35. The number of rotatable bonds is 9. The molecule has 6 heteroatoms. The average molecular weight is 577 g/mol. The fourth-order valence-corrected chi connectivity index (χ4v) is 7.37. The highest BCUT2D eigenvalue weighted by Gasteiger charge is 2.33. The molecule has 1 amide bonds. The van der Waals surface area contributed by atoms with Gasteiger partial charge in [0, 0.05) is 49.9 Å². The molecule has 3 heterocycles. The minimum Gasteiger partial charge on any atom is -0.337 e. The minimum atomic E-state index is -0.0131. The lowest BCUT2D eigenvalue weighted by atomic mass is 9.79. The number of nitrogens with zero attached hydrogens (tertiary/aromatic N) is 4. The molecule has 1 aliphatic heterocycles. The third-order valence-electron chi connectivity index (χ3n) is 9.84. The van der Waals surface area contributed by atoms with E-state index in [-0.39, 0.29) is 23.3 Å². The van der Waals surface area contributed by atoms with Crippen molar-refractivity contribution in [1.29, 1.82) is 0 Å². The molecule has 6 rings (SSSR count). The standard InChI is InChI=1S/C37H44N4O2/c1-39-35-15-9-8-14-32(35)24-33(36(39)42)26-41(37(43)31-12-6-3-7-13-31)27-34(29-10-4-2-5-11-29)30-18-22-40(23-19-30)25-28-16-20-38-21-17-28/h2,4-5,8-11,14-17,20-21,24,30-31,34H,3,6-7,12-13,18-19,22-23,25-27H2,1H3. The molecule has 1 unspecified atom stereocenters. The zero-order valence-electron chi connectivity index (χ0n) is 25.4. The lowest BCUT2D eigenvalue weighted by molar-refractivity contribution is -0.137. The number of aryl methyl sites for hydroxylation is 1. The van der Waals surface area contributed by atoms with Crippen LogP contribution in [0.5, 0.6) is 0 Å². The average Bonchev–Trinajstić information content (AvgIpc) is 3.06. The lowest BCUT2D eigenvalue weighted by Crippen LogP contribution is -2.43. The van der Waals surface area contributed by atoms with E-state index in [0.717, 1.165) is 69.1 Å². The first-order chi connectivity index (χ1) is 21.1. The fraction of sp³-hybridized carbons (Fsp3) is 0.432. The van der Waals surface area contributed by atoms with Gasteiger partial charge in [-0.15, -0.1) is 0 Å². The van der Waals surface area contributed by atoms with E-state index in [9.17, 15) is 9.59 Å². The normalized spacial score (nSPS) is 17.6. The van der Waals surface area contributed by atoms with Crippen LogP contribution in [0.1, 0.15) is 67.6 Å². The number of hydrogen-bond donors (Lipinski definition) is 0. The van der Waals surface area contributed by atoms with E-state index in [2.05, 4.69) is 63.3 Å². The zero-order chi connectivity index (χ0) is 29.6. The molecule has 4 aromatic rings. The SMILES string of the molecule is Cn1c(=O)c(CN(CC(c2ccccc2)C2CCN(Cc3ccncc3)CC2)C(=O)C2CCCCC2)cc2ccccc21. The van der Waals surface area contributed by atoms with Crippen molar-refractivity contribution in [2.45, 2.75) is 64.0 Å². The van der Waals surface area contributed by atoms with Crippen molar-refractivity contribution < 1.29 is 4.79 Å². The first-order valence-corrected chi connectivity index (χ1v) is 16.1. The van der Waals surface area contributed by atoms with Gasteiger partial charge < -0.3 is 9.47 Å². The van der Waals surface area contributed by atoms with Crippen LogP contribution in [0.3, 0.4) is 0 Å². The highest BCUT2D eigenvalue weighted by atomic mass is 16.2. The molecule has 2 fully saturated rings. The van der Waals surface area contributed by atoms with E-state index in [1.165, 1.54) is 17.5 Å². The predicted octanol–water partition coefficient (Wildman–Crippen LogP) is 6.54. The predicted molar refractivity (Wildman–Crippen MR) is 173 cm³/mol. The molecule has 2 aliphatic rings. The molecule has 0 radical (unpaired) electrons. The second-order valence-corrected chi connectivity index (χ2v) is 12.6.